The Balaban J connectivity index is 1.90. The number of amides is 2. The SMILES string of the molecule is CCCN(CCC)C(=O)CCCC(=O)N1CCNCC1c1cccc(Cl)c1. The Kier molecular flexibility index (Phi) is 9.08. The van der Waals surface area contributed by atoms with Gasteiger partial charge in [-0.1, -0.05) is 37.6 Å². The lowest BCUT2D eigenvalue weighted by Gasteiger charge is -2.36. The molecule has 1 aromatic carbocycles. The predicted molar refractivity (Wildman–Crippen MR) is 110 cm³/mol. The van der Waals surface area contributed by atoms with E-state index in [1.807, 2.05) is 34.1 Å². The molecule has 1 fully saturated rings. The lowest BCUT2D eigenvalue weighted by Crippen LogP contribution is -2.48. The van der Waals surface area contributed by atoms with Gasteiger partial charge in [-0.3, -0.25) is 9.59 Å². The van der Waals surface area contributed by atoms with Gasteiger partial charge < -0.3 is 15.1 Å². The lowest BCUT2D eigenvalue weighted by molar-refractivity contribution is -0.135. The largest absolute Gasteiger partial charge is 0.343 e. The van der Waals surface area contributed by atoms with Crippen molar-refractivity contribution in [3.63, 3.8) is 0 Å². The molecule has 150 valence electrons. The van der Waals surface area contributed by atoms with E-state index in [1.165, 1.54) is 0 Å². The van der Waals surface area contributed by atoms with Gasteiger partial charge in [-0.25, -0.2) is 0 Å². The maximum atomic E-state index is 12.8. The fourth-order valence-corrected chi connectivity index (χ4v) is 3.81. The summed E-state index contributed by atoms with van der Waals surface area (Å²) in [7, 11) is 0. The average molecular weight is 394 g/mol. The van der Waals surface area contributed by atoms with Gasteiger partial charge in [-0.2, -0.15) is 0 Å². The van der Waals surface area contributed by atoms with Crippen LogP contribution in [-0.4, -0.2) is 54.3 Å². The quantitative estimate of drug-likeness (QED) is 0.697. The van der Waals surface area contributed by atoms with Crippen molar-refractivity contribution < 1.29 is 9.59 Å². The molecule has 1 atom stereocenters. The summed E-state index contributed by atoms with van der Waals surface area (Å²) in [5.74, 6) is 0.282. The number of piperazine rings is 1. The standard InChI is InChI=1S/C21H32ClN3O2/c1-3-12-24(13-4-2)20(26)9-6-10-21(27)25-14-11-23-16-19(25)17-7-5-8-18(22)15-17/h5,7-8,15,19,23H,3-4,6,9-14,16H2,1-2H3. The third-order valence-electron chi connectivity index (χ3n) is 4.92. The lowest BCUT2D eigenvalue weighted by atomic mass is 10.0. The van der Waals surface area contributed by atoms with E-state index in [-0.39, 0.29) is 17.9 Å². The molecule has 6 heteroatoms. The smallest absolute Gasteiger partial charge is 0.223 e. The van der Waals surface area contributed by atoms with Crippen LogP contribution in [0.2, 0.25) is 5.02 Å². The van der Waals surface area contributed by atoms with Gasteiger partial charge in [0, 0.05) is 50.6 Å². The molecule has 0 saturated carbocycles. The van der Waals surface area contributed by atoms with Crippen molar-refractivity contribution in [1.29, 1.82) is 0 Å². The summed E-state index contributed by atoms with van der Waals surface area (Å²) in [6.45, 7) is 7.97. The molecule has 2 rings (SSSR count). The first kappa shape index (κ1) is 21.7. The van der Waals surface area contributed by atoms with E-state index in [1.54, 1.807) is 0 Å². The summed E-state index contributed by atoms with van der Waals surface area (Å²) < 4.78 is 0. The third-order valence-corrected chi connectivity index (χ3v) is 5.15. The molecule has 5 nitrogen and oxygen atoms in total. The number of nitrogens with zero attached hydrogens (tertiary/aromatic N) is 2. The molecular weight excluding hydrogens is 362 g/mol. The minimum absolute atomic E-state index is 0.00247. The maximum absolute atomic E-state index is 12.8. The van der Waals surface area contributed by atoms with Gasteiger partial charge in [0.15, 0.2) is 0 Å². The van der Waals surface area contributed by atoms with Crippen molar-refractivity contribution in [2.24, 2.45) is 0 Å². The number of hydrogen-bond acceptors (Lipinski definition) is 3. The second kappa shape index (κ2) is 11.3. The zero-order valence-electron chi connectivity index (χ0n) is 16.5. The number of carbonyl (C=O) groups is 2. The first-order chi connectivity index (χ1) is 13.1. The molecule has 0 bridgehead atoms. The van der Waals surface area contributed by atoms with Crippen LogP contribution in [0.5, 0.6) is 0 Å². The Morgan fingerprint density at radius 3 is 2.63 bits per heavy atom. The molecule has 1 saturated heterocycles. The molecule has 0 spiro atoms. The Bertz CT molecular complexity index is 617. The van der Waals surface area contributed by atoms with Crippen LogP contribution in [0, 0.1) is 0 Å². The average Bonchev–Trinajstić information content (AvgIpc) is 2.67. The summed E-state index contributed by atoms with van der Waals surface area (Å²) in [6.07, 6.45) is 3.39. The van der Waals surface area contributed by atoms with Gasteiger partial charge in [-0.15, -0.1) is 0 Å². The Labute approximate surface area is 168 Å². The van der Waals surface area contributed by atoms with E-state index in [2.05, 4.69) is 19.2 Å². The molecule has 1 unspecified atom stereocenters. The van der Waals surface area contributed by atoms with Crippen LogP contribution >= 0.6 is 11.6 Å². The summed E-state index contributed by atoms with van der Waals surface area (Å²) in [5.41, 5.74) is 1.05. The highest BCUT2D eigenvalue weighted by Gasteiger charge is 2.27. The number of halogens is 1. The van der Waals surface area contributed by atoms with E-state index in [4.69, 9.17) is 11.6 Å². The fourth-order valence-electron chi connectivity index (χ4n) is 3.61. The van der Waals surface area contributed by atoms with Crippen LogP contribution in [0.25, 0.3) is 0 Å². The number of nitrogens with one attached hydrogen (secondary N) is 1. The molecule has 2 amide bonds. The van der Waals surface area contributed by atoms with Crippen LogP contribution in [0.1, 0.15) is 57.6 Å². The number of hydrogen-bond donors (Lipinski definition) is 1. The molecule has 1 aliphatic heterocycles. The van der Waals surface area contributed by atoms with Gasteiger partial charge in [-0.05, 0) is 37.0 Å². The van der Waals surface area contributed by atoms with Gasteiger partial charge in [0.1, 0.15) is 0 Å². The first-order valence-corrected chi connectivity index (χ1v) is 10.5. The van der Waals surface area contributed by atoms with Crippen LogP contribution in [0.4, 0.5) is 0 Å². The van der Waals surface area contributed by atoms with Crippen molar-refractivity contribution in [1.82, 2.24) is 15.1 Å². The van der Waals surface area contributed by atoms with Crippen molar-refractivity contribution in [3.8, 4) is 0 Å². The molecule has 0 radical (unpaired) electrons. The minimum Gasteiger partial charge on any atom is -0.343 e. The molecule has 1 aromatic rings. The van der Waals surface area contributed by atoms with E-state index in [0.29, 0.717) is 30.8 Å². The molecule has 1 N–H and O–H groups in total. The van der Waals surface area contributed by atoms with E-state index >= 15 is 0 Å². The molecular formula is C21H32ClN3O2. The Morgan fingerprint density at radius 1 is 1.22 bits per heavy atom. The van der Waals surface area contributed by atoms with Crippen molar-refractivity contribution in [2.75, 3.05) is 32.7 Å². The monoisotopic (exact) mass is 393 g/mol. The molecule has 1 heterocycles. The molecule has 27 heavy (non-hydrogen) atoms. The highest BCUT2D eigenvalue weighted by atomic mass is 35.5. The van der Waals surface area contributed by atoms with Gasteiger partial charge in [0.25, 0.3) is 0 Å². The molecule has 0 aromatic heterocycles. The summed E-state index contributed by atoms with van der Waals surface area (Å²) >= 11 is 6.12. The van der Waals surface area contributed by atoms with Gasteiger partial charge >= 0.3 is 0 Å². The Morgan fingerprint density at radius 2 is 1.96 bits per heavy atom. The van der Waals surface area contributed by atoms with Gasteiger partial charge in [0.05, 0.1) is 6.04 Å². The van der Waals surface area contributed by atoms with Crippen molar-refractivity contribution in [3.05, 3.63) is 34.9 Å². The number of rotatable bonds is 9. The normalized spacial score (nSPS) is 17.0. The van der Waals surface area contributed by atoms with Crippen LogP contribution in [0.3, 0.4) is 0 Å². The van der Waals surface area contributed by atoms with E-state index in [0.717, 1.165) is 44.6 Å². The maximum Gasteiger partial charge on any atom is 0.223 e. The van der Waals surface area contributed by atoms with E-state index < -0.39 is 0 Å². The second-order valence-corrected chi connectivity index (χ2v) is 7.53. The predicted octanol–water partition coefficient (Wildman–Crippen LogP) is 3.63. The van der Waals surface area contributed by atoms with Crippen LogP contribution in [-0.2, 0) is 9.59 Å². The van der Waals surface area contributed by atoms with Crippen molar-refractivity contribution in [2.45, 2.75) is 52.0 Å². The second-order valence-electron chi connectivity index (χ2n) is 7.10. The Hall–Kier alpha value is -1.59. The summed E-state index contributed by atoms with van der Waals surface area (Å²) in [4.78, 5) is 29.0. The summed E-state index contributed by atoms with van der Waals surface area (Å²) in [5, 5.41) is 4.04. The van der Waals surface area contributed by atoms with Crippen molar-refractivity contribution >= 4 is 23.4 Å². The molecule has 1 aliphatic rings. The van der Waals surface area contributed by atoms with E-state index in [9.17, 15) is 9.59 Å². The first-order valence-electron chi connectivity index (χ1n) is 10.1. The summed E-state index contributed by atoms with van der Waals surface area (Å²) in [6, 6.07) is 7.70. The molecule has 0 aliphatic carbocycles. The van der Waals surface area contributed by atoms with Crippen LogP contribution in [0.15, 0.2) is 24.3 Å². The topological polar surface area (TPSA) is 52.7 Å². The zero-order chi connectivity index (χ0) is 19.6. The minimum atomic E-state index is -0.00247. The highest BCUT2D eigenvalue weighted by Crippen LogP contribution is 2.25. The fraction of sp³-hybridized carbons (Fsp3) is 0.619. The number of benzene rings is 1. The van der Waals surface area contributed by atoms with Crippen LogP contribution < -0.4 is 5.32 Å². The highest BCUT2D eigenvalue weighted by molar-refractivity contribution is 6.30. The van der Waals surface area contributed by atoms with Gasteiger partial charge in [0.2, 0.25) is 11.8 Å². The third kappa shape index (κ3) is 6.51. The zero-order valence-corrected chi connectivity index (χ0v) is 17.3. The number of carbonyl (C=O) groups excluding carboxylic acids is 2.